The van der Waals surface area contributed by atoms with Crippen molar-refractivity contribution in [3.63, 3.8) is 0 Å². The van der Waals surface area contributed by atoms with Gasteiger partial charge in [-0.3, -0.25) is 14.5 Å². The van der Waals surface area contributed by atoms with E-state index in [0.29, 0.717) is 59.1 Å². The van der Waals surface area contributed by atoms with Crippen LogP contribution >= 0.6 is 0 Å². The van der Waals surface area contributed by atoms with Crippen molar-refractivity contribution >= 4 is 17.8 Å². The van der Waals surface area contributed by atoms with Gasteiger partial charge in [-0.25, -0.2) is 4.79 Å². The van der Waals surface area contributed by atoms with Crippen LogP contribution in [0, 0.1) is 0 Å². The van der Waals surface area contributed by atoms with Gasteiger partial charge in [-0.05, 0) is 77.0 Å². The van der Waals surface area contributed by atoms with Gasteiger partial charge in [-0.15, -0.1) is 0 Å². The Hall–Kier alpha value is -2.83. The Bertz CT molecular complexity index is 1190. The van der Waals surface area contributed by atoms with Crippen LogP contribution in [-0.4, -0.2) is 114 Å². The molecule has 3 atom stereocenters. The van der Waals surface area contributed by atoms with Gasteiger partial charge in [0.25, 0.3) is 0 Å². The predicted octanol–water partition coefficient (Wildman–Crippen LogP) is 10.5. The van der Waals surface area contributed by atoms with E-state index in [9.17, 15) is 14.4 Å². The summed E-state index contributed by atoms with van der Waals surface area (Å²) in [6.07, 6.45) is 44.4. The summed E-state index contributed by atoms with van der Waals surface area (Å²) in [4.78, 5) is 41.5. The molecule has 0 aliphatic carbocycles. The summed E-state index contributed by atoms with van der Waals surface area (Å²) in [5.41, 5.74) is 0. The van der Waals surface area contributed by atoms with Gasteiger partial charge in [0.15, 0.2) is 0 Å². The van der Waals surface area contributed by atoms with Gasteiger partial charge < -0.3 is 34.3 Å². The molecule has 0 aromatic rings. The predicted molar refractivity (Wildman–Crippen MR) is 259 cm³/mol. The van der Waals surface area contributed by atoms with E-state index < -0.39 is 12.0 Å². The molecule has 63 heavy (non-hydrogen) atoms. The van der Waals surface area contributed by atoms with Crippen molar-refractivity contribution < 1.29 is 38.1 Å². The second-order valence-electron chi connectivity index (χ2n) is 17.0. The van der Waals surface area contributed by atoms with E-state index in [0.717, 1.165) is 83.5 Å². The van der Waals surface area contributed by atoms with Crippen molar-refractivity contribution in [1.82, 2.24) is 15.5 Å². The molecule has 0 aromatic carbocycles. The number of likely N-dealkylation sites (tertiary alicyclic amines) is 1. The smallest absolute Gasteiger partial charge is 0.330 e. The Morgan fingerprint density at radius 2 is 1.00 bits per heavy atom. The molecule has 0 bridgehead atoms. The molecule has 11 heteroatoms. The van der Waals surface area contributed by atoms with Gasteiger partial charge in [0.2, 0.25) is 11.8 Å². The normalized spacial score (nSPS) is 16.3. The second kappa shape index (κ2) is 44.4. The Morgan fingerprint density at radius 1 is 0.540 bits per heavy atom. The number of esters is 1. The molecule has 1 rings (SSSR count). The molecular weight excluding hydrogens is 795 g/mol. The molecular formula is C52H93N3O8. The van der Waals surface area contributed by atoms with Gasteiger partial charge >= 0.3 is 5.97 Å². The largest absolute Gasteiger partial charge is 0.464 e. The number of rotatable bonds is 44. The number of nitrogens with zero attached hydrogens (tertiary/aromatic N) is 1. The number of allylic oxidation sites excluding steroid dienone is 8. The Kier molecular flexibility index (Phi) is 41.0. The molecule has 1 aliphatic rings. The summed E-state index contributed by atoms with van der Waals surface area (Å²) >= 11 is 0. The van der Waals surface area contributed by atoms with Crippen LogP contribution < -0.4 is 10.6 Å². The first-order valence-corrected chi connectivity index (χ1v) is 25.2. The molecule has 0 saturated carbocycles. The number of methoxy groups -OCH3 is 2. The topological polar surface area (TPSA) is 125 Å². The molecule has 364 valence electrons. The summed E-state index contributed by atoms with van der Waals surface area (Å²) in [6.45, 7) is 8.39. The van der Waals surface area contributed by atoms with Gasteiger partial charge in [0, 0.05) is 53.2 Å². The van der Waals surface area contributed by atoms with Crippen molar-refractivity contribution in [2.45, 2.75) is 193 Å². The Morgan fingerprint density at radius 3 is 1.49 bits per heavy atom. The molecule has 11 nitrogen and oxygen atoms in total. The molecule has 0 aromatic heterocycles. The van der Waals surface area contributed by atoms with Gasteiger partial charge in [-0.2, -0.15) is 0 Å². The third-order valence-corrected chi connectivity index (χ3v) is 11.3. The summed E-state index contributed by atoms with van der Waals surface area (Å²) < 4.78 is 28.0. The van der Waals surface area contributed by atoms with Crippen LogP contribution in [0.4, 0.5) is 0 Å². The molecule has 1 saturated heterocycles. The quantitative estimate of drug-likeness (QED) is 0.0349. The summed E-state index contributed by atoms with van der Waals surface area (Å²) in [6, 6.07) is -0.954. The lowest BCUT2D eigenvalue weighted by Crippen LogP contribution is -2.49. The number of hydrogen-bond donors (Lipinski definition) is 2. The van der Waals surface area contributed by atoms with Crippen LogP contribution in [0.5, 0.6) is 0 Å². The first-order chi connectivity index (χ1) is 30.9. The van der Waals surface area contributed by atoms with Crippen molar-refractivity contribution in [2.75, 3.05) is 73.4 Å². The van der Waals surface area contributed by atoms with Crippen LogP contribution in [-0.2, 0) is 38.1 Å². The zero-order valence-electron chi connectivity index (χ0n) is 40.6. The van der Waals surface area contributed by atoms with Gasteiger partial charge in [0.1, 0.15) is 6.04 Å². The van der Waals surface area contributed by atoms with E-state index in [1.54, 1.807) is 14.2 Å². The first-order valence-electron chi connectivity index (χ1n) is 25.2. The Balaban J connectivity index is 2.49. The summed E-state index contributed by atoms with van der Waals surface area (Å²) in [5.74, 6) is -0.897. The molecule has 1 fully saturated rings. The van der Waals surface area contributed by atoms with E-state index in [2.05, 4.69) is 78.0 Å². The highest BCUT2D eigenvalue weighted by molar-refractivity contribution is 5.85. The number of amides is 2. The fraction of sp³-hybridized carbons (Fsp3) is 0.788. The van der Waals surface area contributed by atoms with Crippen molar-refractivity contribution in [2.24, 2.45) is 0 Å². The van der Waals surface area contributed by atoms with E-state index >= 15 is 0 Å². The van der Waals surface area contributed by atoms with E-state index in [1.165, 1.54) is 64.2 Å². The Labute approximate surface area is 384 Å². The SMILES string of the molecule is CCCCC/C=C\C/C=C\CCCCCCCCOC(=O)C(CNC(=O)CCCCCCC/C=C\C/C=C\CCCCC)NC(=O)CCN1C[C@H](OCCOC)[C@H](OCCOC)C1. The first kappa shape index (κ1) is 58.2. The van der Waals surface area contributed by atoms with E-state index in [4.69, 9.17) is 23.7 Å². The molecule has 2 N–H and O–H groups in total. The lowest BCUT2D eigenvalue weighted by Gasteiger charge is -2.20. The van der Waals surface area contributed by atoms with Crippen molar-refractivity contribution in [3.05, 3.63) is 48.6 Å². The summed E-state index contributed by atoms with van der Waals surface area (Å²) in [5, 5.41) is 5.76. The van der Waals surface area contributed by atoms with Gasteiger partial charge in [0.05, 0.1) is 45.2 Å². The highest BCUT2D eigenvalue weighted by atomic mass is 16.6. The molecule has 1 unspecified atom stereocenters. The maximum atomic E-state index is 13.3. The number of carbonyl (C=O) groups excluding carboxylic acids is 3. The maximum absolute atomic E-state index is 13.3. The fourth-order valence-electron chi connectivity index (χ4n) is 7.37. The van der Waals surface area contributed by atoms with Crippen LogP contribution in [0.25, 0.3) is 0 Å². The highest BCUT2D eigenvalue weighted by Gasteiger charge is 2.34. The zero-order chi connectivity index (χ0) is 45.7. The number of ether oxygens (including phenoxy) is 5. The summed E-state index contributed by atoms with van der Waals surface area (Å²) in [7, 11) is 3.28. The molecule has 2 amide bonds. The fourth-order valence-corrected chi connectivity index (χ4v) is 7.37. The highest BCUT2D eigenvalue weighted by Crippen LogP contribution is 2.18. The third-order valence-electron chi connectivity index (χ3n) is 11.3. The molecule has 0 spiro atoms. The average molecular weight is 888 g/mol. The minimum absolute atomic E-state index is 0.00189. The number of nitrogens with one attached hydrogen (secondary N) is 2. The lowest BCUT2D eigenvalue weighted by atomic mass is 10.1. The molecule has 1 heterocycles. The number of hydrogen-bond acceptors (Lipinski definition) is 9. The van der Waals surface area contributed by atoms with E-state index in [1.807, 2.05) is 0 Å². The van der Waals surface area contributed by atoms with Crippen LogP contribution in [0.15, 0.2) is 48.6 Å². The third kappa shape index (κ3) is 36.1. The zero-order valence-corrected chi connectivity index (χ0v) is 40.6. The van der Waals surface area contributed by atoms with Crippen LogP contribution in [0.2, 0.25) is 0 Å². The second-order valence-corrected chi connectivity index (χ2v) is 17.0. The van der Waals surface area contributed by atoms with E-state index in [-0.39, 0.29) is 37.0 Å². The van der Waals surface area contributed by atoms with Crippen molar-refractivity contribution in [1.29, 1.82) is 0 Å². The average Bonchev–Trinajstić information content (AvgIpc) is 3.67. The molecule has 0 radical (unpaired) electrons. The van der Waals surface area contributed by atoms with Crippen LogP contribution in [0.3, 0.4) is 0 Å². The molecule has 1 aliphatic heterocycles. The van der Waals surface area contributed by atoms with Gasteiger partial charge in [-0.1, -0.05) is 133 Å². The minimum Gasteiger partial charge on any atom is -0.464 e. The van der Waals surface area contributed by atoms with Crippen molar-refractivity contribution in [3.8, 4) is 0 Å². The number of carbonyl (C=O) groups is 3. The van der Waals surface area contributed by atoms with Crippen LogP contribution in [0.1, 0.15) is 174 Å². The maximum Gasteiger partial charge on any atom is 0.330 e. The monoisotopic (exact) mass is 888 g/mol. The minimum atomic E-state index is -0.954. The number of unbranched alkanes of at least 4 members (excludes halogenated alkanes) is 17. The lowest BCUT2D eigenvalue weighted by molar-refractivity contribution is -0.148. The standard InChI is InChI=1S/C52H93N3O8/c1-5-7-9-11-13-15-17-19-21-23-25-27-29-31-33-35-39-63-52(58)47(44-53-50(56)36-34-32-30-28-26-24-22-20-18-16-14-12-10-8-6-2)54-51(57)37-38-55-45-48(61-42-40-59-3)49(46-55)62-43-41-60-4/h13-16,19-22,47-49H,5-12,17-18,23-46H2,1-4H3,(H,53,56)(H,54,57)/b15-13-,16-14-,21-19-,22-20-/t47?,48-,49+.